The smallest absolute Gasteiger partial charge is 0.292 e. The Bertz CT molecular complexity index is 1230. The SMILES string of the molecule is CCc1cccc(C)c1NC(=O)c1nc(C(=O)Nc2ccccc2)c2ccccn12. The van der Waals surface area contributed by atoms with E-state index in [1.165, 1.54) is 0 Å². The van der Waals surface area contributed by atoms with Crippen LogP contribution in [0.5, 0.6) is 0 Å². The Kier molecular flexibility index (Phi) is 5.30. The van der Waals surface area contributed by atoms with Gasteiger partial charge < -0.3 is 10.6 Å². The zero-order valence-electron chi connectivity index (χ0n) is 16.8. The molecule has 4 rings (SSSR count). The molecule has 2 N–H and O–H groups in total. The van der Waals surface area contributed by atoms with E-state index in [1.807, 2.05) is 56.3 Å². The average molecular weight is 398 g/mol. The van der Waals surface area contributed by atoms with Gasteiger partial charge in [0.15, 0.2) is 5.69 Å². The van der Waals surface area contributed by atoms with Gasteiger partial charge in [0.1, 0.15) is 0 Å². The van der Waals surface area contributed by atoms with Gasteiger partial charge >= 0.3 is 0 Å². The molecular weight excluding hydrogens is 376 g/mol. The first-order valence-corrected chi connectivity index (χ1v) is 9.81. The quantitative estimate of drug-likeness (QED) is 0.511. The van der Waals surface area contributed by atoms with E-state index >= 15 is 0 Å². The second kappa shape index (κ2) is 8.21. The summed E-state index contributed by atoms with van der Waals surface area (Å²) in [6.07, 6.45) is 2.53. The van der Waals surface area contributed by atoms with Gasteiger partial charge in [-0.25, -0.2) is 4.98 Å². The zero-order valence-corrected chi connectivity index (χ0v) is 16.8. The van der Waals surface area contributed by atoms with E-state index in [1.54, 1.807) is 34.9 Å². The highest BCUT2D eigenvalue weighted by atomic mass is 16.2. The number of hydrogen-bond donors (Lipinski definition) is 2. The van der Waals surface area contributed by atoms with Crippen molar-refractivity contribution < 1.29 is 9.59 Å². The van der Waals surface area contributed by atoms with Crippen LogP contribution >= 0.6 is 0 Å². The van der Waals surface area contributed by atoms with Crippen LogP contribution < -0.4 is 10.6 Å². The van der Waals surface area contributed by atoms with Crippen LogP contribution in [-0.2, 0) is 6.42 Å². The minimum Gasteiger partial charge on any atom is -0.321 e. The molecule has 0 aliphatic carbocycles. The fourth-order valence-electron chi connectivity index (χ4n) is 3.45. The first kappa shape index (κ1) is 19.4. The number of anilines is 2. The van der Waals surface area contributed by atoms with E-state index in [4.69, 9.17) is 0 Å². The molecule has 4 aromatic rings. The van der Waals surface area contributed by atoms with E-state index in [2.05, 4.69) is 15.6 Å². The van der Waals surface area contributed by atoms with Crippen molar-refractivity contribution in [2.75, 3.05) is 10.6 Å². The highest BCUT2D eigenvalue weighted by Crippen LogP contribution is 2.23. The number of para-hydroxylation sites is 2. The van der Waals surface area contributed by atoms with Crippen molar-refractivity contribution in [3.8, 4) is 0 Å². The number of amides is 2. The molecule has 6 nitrogen and oxygen atoms in total. The number of rotatable bonds is 5. The predicted octanol–water partition coefficient (Wildman–Crippen LogP) is 4.71. The van der Waals surface area contributed by atoms with Gasteiger partial charge in [0.2, 0.25) is 5.82 Å². The Morgan fingerprint density at radius 3 is 2.43 bits per heavy atom. The van der Waals surface area contributed by atoms with Gasteiger partial charge in [0.05, 0.1) is 5.52 Å². The summed E-state index contributed by atoms with van der Waals surface area (Å²) >= 11 is 0. The Balaban J connectivity index is 1.70. The van der Waals surface area contributed by atoms with Crippen LogP contribution in [0, 0.1) is 6.92 Å². The van der Waals surface area contributed by atoms with Gasteiger partial charge in [-0.15, -0.1) is 0 Å². The second-order valence-electron chi connectivity index (χ2n) is 6.98. The van der Waals surface area contributed by atoms with Crippen molar-refractivity contribution in [1.82, 2.24) is 9.38 Å². The van der Waals surface area contributed by atoms with Crippen LogP contribution in [-0.4, -0.2) is 21.2 Å². The fraction of sp³-hybridized carbons (Fsp3) is 0.125. The Morgan fingerprint density at radius 1 is 0.900 bits per heavy atom. The van der Waals surface area contributed by atoms with Crippen molar-refractivity contribution in [1.29, 1.82) is 0 Å². The molecule has 30 heavy (non-hydrogen) atoms. The molecule has 2 aromatic carbocycles. The Morgan fingerprint density at radius 2 is 1.67 bits per heavy atom. The van der Waals surface area contributed by atoms with Gasteiger partial charge in [-0.1, -0.05) is 49.4 Å². The zero-order chi connectivity index (χ0) is 21.1. The minimum atomic E-state index is -0.367. The second-order valence-corrected chi connectivity index (χ2v) is 6.98. The lowest BCUT2D eigenvalue weighted by Gasteiger charge is -2.12. The summed E-state index contributed by atoms with van der Waals surface area (Å²) in [5.74, 6) is -0.567. The molecule has 2 amide bonds. The van der Waals surface area contributed by atoms with Crippen molar-refractivity contribution in [3.05, 3.63) is 95.6 Å². The molecule has 0 aliphatic rings. The number of carbonyl (C=O) groups excluding carboxylic acids is 2. The number of aryl methyl sites for hydroxylation is 2. The van der Waals surface area contributed by atoms with Gasteiger partial charge in [-0.3, -0.25) is 14.0 Å². The average Bonchev–Trinajstić information content (AvgIpc) is 3.16. The highest BCUT2D eigenvalue weighted by molar-refractivity contribution is 6.10. The van der Waals surface area contributed by atoms with Crippen molar-refractivity contribution in [2.45, 2.75) is 20.3 Å². The summed E-state index contributed by atoms with van der Waals surface area (Å²) in [5.41, 5.74) is 4.24. The lowest BCUT2D eigenvalue weighted by atomic mass is 10.1. The lowest BCUT2D eigenvalue weighted by Crippen LogP contribution is -2.18. The molecule has 0 radical (unpaired) electrons. The number of aromatic nitrogens is 2. The first-order valence-electron chi connectivity index (χ1n) is 9.81. The number of carbonyl (C=O) groups is 2. The molecule has 0 spiro atoms. The molecule has 6 heteroatoms. The molecule has 2 heterocycles. The topological polar surface area (TPSA) is 75.5 Å². The van der Waals surface area contributed by atoms with Crippen molar-refractivity contribution in [3.63, 3.8) is 0 Å². The summed E-state index contributed by atoms with van der Waals surface area (Å²) in [6.45, 7) is 4.00. The largest absolute Gasteiger partial charge is 0.321 e. The van der Waals surface area contributed by atoms with Crippen LogP contribution in [0.3, 0.4) is 0 Å². The number of benzene rings is 2. The van der Waals surface area contributed by atoms with Crippen LogP contribution in [0.25, 0.3) is 5.52 Å². The Labute approximate surface area is 174 Å². The van der Waals surface area contributed by atoms with Gasteiger partial charge in [-0.2, -0.15) is 0 Å². The molecule has 0 aliphatic heterocycles. The van der Waals surface area contributed by atoms with Crippen LogP contribution in [0.2, 0.25) is 0 Å². The van der Waals surface area contributed by atoms with E-state index < -0.39 is 0 Å². The summed E-state index contributed by atoms with van der Waals surface area (Å²) in [6, 6.07) is 20.5. The van der Waals surface area contributed by atoms with E-state index in [0.29, 0.717) is 11.2 Å². The lowest BCUT2D eigenvalue weighted by molar-refractivity contribution is 0.101. The number of nitrogens with zero attached hydrogens (tertiary/aromatic N) is 2. The predicted molar refractivity (Wildman–Crippen MR) is 118 cm³/mol. The number of fused-ring (bicyclic) bond motifs is 1. The third-order valence-electron chi connectivity index (χ3n) is 4.98. The molecule has 0 saturated carbocycles. The van der Waals surface area contributed by atoms with Crippen LogP contribution in [0.1, 0.15) is 39.2 Å². The number of pyridine rings is 1. The third kappa shape index (κ3) is 3.67. The number of nitrogens with one attached hydrogen (secondary N) is 2. The maximum atomic E-state index is 13.1. The third-order valence-corrected chi connectivity index (χ3v) is 4.98. The van der Waals surface area contributed by atoms with Gasteiger partial charge in [0.25, 0.3) is 11.8 Å². The first-order chi connectivity index (χ1) is 14.6. The summed E-state index contributed by atoms with van der Waals surface area (Å²) in [4.78, 5) is 30.4. The maximum Gasteiger partial charge on any atom is 0.292 e. The molecule has 0 bridgehead atoms. The Hall–Kier alpha value is -3.93. The highest BCUT2D eigenvalue weighted by Gasteiger charge is 2.22. The fourth-order valence-corrected chi connectivity index (χ4v) is 3.45. The van der Waals surface area contributed by atoms with E-state index in [9.17, 15) is 9.59 Å². The molecular formula is C24H22N4O2. The molecule has 0 fully saturated rings. The summed E-state index contributed by atoms with van der Waals surface area (Å²) in [5, 5.41) is 5.82. The monoisotopic (exact) mass is 398 g/mol. The molecule has 150 valence electrons. The van der Waals surface area contributed by atoms with Crippen LogP contribution in [0.15, 0.2) is 72.9 Å². The maximum absolute atomic E-state index is 13.1. The molecule has 0 unspecified atom stereocenters. The molecule has 0 saturated heterocycles. The van der Waals surface area contributed by atoms with Crippen molar-refractivity contribution >= 4 is 28.7 Å². The van der Waals surface area contributed by atoms with Gasteiger partial charge in [0, 0.05) is 17.6 Å². The van der Waals surface area contributed by atoms with E-state index in [-0.39, 0.29) is 23.3 Å². The van der Waals surface area contributed by atoms with E-state index in [0.717, 1.165) is 23.2 Å². The normalized spacial score (nSPS) is 10.7. The number of imidazole rings is 1. The molecule has 2 aromatic heterocycles. The van der Waals surface area contributed by atoms with Crippen molar-refractivity contribution in [2.24, 2.45) is 0 Å². The van der Waals surface area contributed by atoms with Crippen LogP contribution in [0.4, 0.5) is 11.4 Å². The molecule has 0 atom stereocenters. The van der Waals surface area contributed by atoms with Gasteiger partial charge in [-0.05, 0) is 48.7 Å². The number of hydrogen-bond acceptors (Lipinski definition) is 3. The summed E-state index contributed by atoms with van der Waals surface area (Å²) in [7, 11) is 0. The summed E-state index contributed by atoms with van der Waals surface area (Å²) < 4.78 is 1.64. The standard InChI is InChI=1S/C24H22N4O2/c1-3-17-11-9-10-16(2)20(17)27-24(30)22-26-21(19-14-7-8-15-28(19)22)23(29)25-18-12-5-4-6-13-18/h4-15H,3H2,1-2H3,(H,25,29)(H,27,30). The minimum absolute atomic E-state index is 0.161.